The molecule has 0 heterocycles. The number of aliphatic hydroxyl groups is 1. The molecule has 1 rings (SSSR count). The van der Waals surface area contributed by atoms with Crippen LogP contribution in [0.5, 0.6) is 0 Å². The minimum Gasteiger partial charge on any atom is -0.463 e. The monoisotopic (exact) mass is 408 g/mol. The second-order valence-electron chi connectivity index (χ2n) is 6.83. The van der Waals surface area contributed by atoms with E-state index in [0.717, 1.165) is 37.7 Å². The third-order valence-corrected chi connectivity index (χ3v) is 4.13. The molecule has 7 heteroatoms. The Hall–Kier alpha value is -2.41. The highest BCUT2D eigenvalue weighted by atomic mass is 16.6. The van der Waals surface area contributed by atoms with Gasteiger partial charge in [0.1, 0.15) is 25.9 Å². The van der Waals surface area contributed by atoms with Crippen molar-refractivity contribution in [3.8, 4) is 0 Å². The first-order chi connectivity index (χ1) is 14.0. The van der Waals surface area contributed by atoms with Crippen LogP contribution < -0.4 is 0 Å². The predicted octanol–water partition coefficient (Wildman–Crippen LogP) is 3.32. The van der Waals surface area contributed by atoms with Crippen LogP contribution in [0.15, 0.2) is 30.3 Å². The number of hydrogen-bond donors (Lipinski definition) is 1. The first-order valence-electron chi connectivity index (χ1n) is 10.2. The molecule has 0 radical (unpaired) electrons. The lowest BCUT2D eigenvalue weighted by Crippen LogP contribution is -2.25. The van der Waals surface area contributed by atoms with Crippen molar-refractivity contribution in [3.05, 3.63) is 35.9 Å². The van der Waals surface area contributed by atoms with Crippen LogP contribution in [0.2, 0.25) is 0 Å². The predicted molar refractivity (Wildman–Crippen MR) is 107 cm³/mol. The standard InChI is InChI=1S/C22H32O7/c1-2-3-4-5-9-12-20(24)28-16-19(23)17-29-22(26)14-13-21(25)27-15-18-10-7-6-8-11-18/h6-8,10-11,19,23H,2-5,9,12-17H2,1H3. The summed E-state index contributed by atoms with van der Waals surface area (Å²) in [7, 11) is 0. The smallest absolute Gasteiger partial charge is 0.306 e. The maximum absolute atomic E-state index is 11.6. The summed E-state index contributed by atoms with van der Waals surface area (Å²) in [6.45, 7) is 1.76. The molecule has 0 saturated heterocycles. The Balaban J connectivity index is 2.05. The van der Waals surface area contributed by atoms with Gasteiger partial charge in [-0.1, -0.05) is 62.9 Å². The second-order valence-corrected chi connectivity index (χ2v) is 6.83. The molecule has 1 aromatic rings. The number of carbonyl (C=O) groups excluding carboxylic acids is 3. The van der Waals surface area contributed by atoms with Gasteiger partial charge in [-0.3, -0.25) is 14.4 Å². The van der Waals surface area contributed by atoms with E-state index >= 15 is 0 Å². The Morgan fingerprint density at radius 2 is 1.34 bits per heavy atom. The fraction of sp³-hybridized carbons (Fsp3) is 0.591. The molecule has 0 aliphatic carbocycles. The minimum absolute atomic E-state index is 0.102. The molecule has 0 saturated carbocycles. The molecule has 0 aromatic heterocycles. The van der Waals surface area contributed by atoms with Crippen molar-refractivity contribution < 1.29 is 33.7 Å². The normalized spacial score (nSPS) is 11.5. The Bertz CT molecular complexity index is 600. The summed E-state index contributed by atoms with van der Waals surface area (Å²) >= 11 is 0. The third-order valence-electron chi connectivity index (χ3n) is 4.13. The lowest BCUT2D eigenvalue weighted by Gasteiger charge is -2.12. The van der Waals surface area contributed by atoms with Gasteiger partial charge in [0.05, 0.1) is 12.8 Å². The van der Waals surface area contributed by atoms with Crippen molar-refractivity contribution in [1.29, 1.82) is 0 Å². The van der Waals surface area contributed by atoms with Crippen LogP contribution in [0, 0.1) is 0 Å². The molecule has 1 aromatic carbocycles. The maximum atomic E-state index is 11.6. The van der Waals surface area contributed by atoms with Gasteiger partial charge >= 0.3 is 17.9 Å². The van der Waals surface area contributed by atoms with E-state index in [1.807, 2.05) is 30.3 Å². The molecular weight excluding hydrogens is 376 g/mol. The lowest BCUT2D eigenvalue weighted by atomic mass is 10.1. The van der Waals surface area contributed by atoms with E-state index < -0.39 is 18.0 Å². The Labute approximate surface area is 172 Å². The van der Waals surface area contributed by atoms with Crippen molar-refractivity contribution in [1.82, 2.24) is 0 Å². The summed E-state index contributed by atoms with van der Waals surface area (Å²) in [4.78, 5) is 34.9. The van der Waals surface area contributed by atoms with Crippen LogP contribution in [-0.2, 0) is 35.2 Å². The lowest BCUT2D eigenvalue weighted by molar-refractivity contribution is -0.155. The number of unbranched alkanes of at least 4 members (excludes halogenated alkanes) is 4. The molecule has 0 aliphatic heterocycles. The summed E-state index contributed by atoms with van der Waals surface area (Å²) in [5.41, 5.74) is 0.863. The van der Waals surface area contributed by atoms with E-state index in [1.54, 1.807) is 0 Å². The van der Waals surface area contributed by atoms with Crippen LogP contribution in [0.1, 0.15) is 63.9 Å². The van der Waals surface area contributed by atoms with E-state index in [-0.39, 0.29) is 38.6 Å². The summed E-state index contributed by atoms with van der Waals surface area (Å²) < 4.78 is 14.9. The highest BCUT2D eigenvalue weighted by molar-refractivity contribution is 5.77. The summed E-state index contributed by atoms with van der Waals surface area (Å²) in [5, 5.41) is 9.73. The molecule has 1 unspecified atom stereocenters. The number of carbonyl (C=O) groups is 3. The van der Waals surface area contributed by atoms with Gasteiger partial charge in [-0.25, -0.2) is 0 Å². The third kappa shape index (κ3) is 13.4. The Kier molecular flexibility index (Phi) is 13.2. The number of esters is 3. The van der Waals surface area contributed by atoms with Crippen LogP contribution in [0.25, 0.3) is 0 Å². The molecule has 0 fully saturated rings. The summed E-state index contributed by atoms with van der Waals surface area (Å²) in [5.74, 6) is -1.49. The SMILES string of the molecule is CCCCCCCC(=O)OCC(O)COC(=O)CCC(=O)OCc1ccccc1. The van der Waals surface area contributed by atoms with E-state index in [1.165, 1.54) is 0 Å². The van der Waals surface area contributed by atoms with Crippen molar-refractivity contribution in [2.45, 2.75) is 71.0 Å². The highest BCUT2D eigenvalue weighted by Gasteiger charge is 2.14. The van der Waals surface area contributed by atoms with Crippen molar-refractivity contribution in [2.75, 3.05) is 13.2 Å². The zero-order valence-corrected chi connectivity index (χ0v) is 17.1. The Morgan fingerprint density at radius 1 is 0.793 bits per heavy atom. The van der Waals surface area contributed by atoms with Gasteiger partial charge in [-0.05, 0) is 12.0 Å². The van der Waals surface area contributed by atoms with Crippen molar-refractivity contribution in [2.24, 2.45) is 0 Å². The molecular formula is C22H32O7. The number of hydrogen-bond acceptors (Lipinski definition) is 7. The Morgan fingerprint density at radius 3 is 1.97 bits per heavy atom. The van der Waals surface area contributed by atoms with Gasteiger partial charge in [0.15, 0.2) is 0 Å². The number of benzene rings is 1. The zero-order chi connectivity index (χ0) is 21.3. The van der Waals surface area contributed by atoms with Crippen LogP contribution >= 0.6 is 0 Å². The van der Waals surface area contributed by atoms with Gasteiger partial charge in [0, 0.05) is 6.42 Å². The molecule has 0 amide bonds. The number of aliphatic hydroxyl groups excluding tert-OH is 1. The molecule has 0 spiro atoms. The average Bonchev–Trinajstić information content (AvgIpc) is 2.73. The fourth-order valence-corrected chi connectivity index (χ4v) is 2.46. The minimum atomic E-state index is -1.09. The maximum Gasteiger partial charge on any atom is 0.306 e. The zero-order valence-electron chi connectivity index (χ0n) is 17.1. The highest BCUT2D eigenvalue weighted by Crippen LogP contribution is 2.06. The van der Waals surface area contributed by atoms with Gasteiger partial charge in [-0.15, -0.1) is 0 Å². The molecule has 1 atom stereocenters. The molecule has 0 aliphatic rings. The molecule has 162 valence electrons. The fourth-order valence-electron chi connectivity index (χ4n) is 2.46. The molecule has 7 nitrogen and oxygen atoms in total. The molecule has 1 N–H and O–H groups in total. The molecule has 29 heavy (non-hydrogen) atoms. The van der Waals surface area contributed by atoms with Gasteiger partial charge in [0.25, 0.3) is 0 Å². The number of ether oxygens (including phenoxy) is 3. The van der Waals surface area contributed by atoms with Crippen LogP contribution in [0.4, 0.5) is 0 Å². The van der Waals surface area contributed by atoms with Crippen molar-refractivity contribution in [3.63, 3.8) is 0 Å². The van der Waals surface area contributed by atoms with Crippen LogP contribution in [-0.4, -0.2) is 42.3 Å². The first kappa shape index (κ1) is 24.6. The van der Waals surface area contributed by atoms with E-state index in [2.05, 4.69) is 6.92 Å². The summed E-state index contributed by atoms with van der Waals surface area (Å²) in [6.07, 6.45) is 4.14. The van der Waals surface area contributed by atoms with E-state index in [0.29, 0.717) is 6.42 Å². The quantitative estimate of drug-likeness (QED) is 0.270. The van der Waals surface area contributed by atoms with Gasteiger partial charge in [0.2, 0.25) is 0 Å². The van der Waals surface area contributed by atoms with Gasteiger partial charge < -0.3 is 19.3 Å². The average molecular weight is 408 g/mol. The number of rotatable bonds is 15. The van der Waals surface area contributed by atoms with Gasteiger partial charge in [-0.2, -0.15) is 0 Å². The summed E-state index contributed by atoms with van der Waals surface area (Å²) in [6, 6.07) is 9.23. The van der Waals surface area contributed by atoms with Crippen molar-refractivity contribution >= 4 is 17.9 Å². The van der Waals surface area contributed by atoms with E-state index in [9.17, 15) is 19.5 Å². The second kappa shape index (κ2) is 15.5. The largest absolute Gasteiger partial charge is 0.463 e. The first-order valence-corrected chi connectivity index (χ1v) is 10.2. The molecule has 0 bridgehead atoms. The van der Waals surface area contributed by atoms with Crippen LogP contribution in [0.3, 0.4) is 0 Å². The van der Waals surface area contributed by atoms with E-state index in [4.69, 9.17) is 14.2 Å². The topological polar surface area (TPSA) is 99.1 Å².